The van der Waals surface area contributed by atoms with Gasteiger partial charge in [0.05, 0.1) is 27.8 Å². The van der Waals surface area contributed by atoms with Crippen LogP contribution in [0.4, 0.5) is 5.69 Å². The molecule has 1 unspecified atom stereocenters. The quantitative estimate of drug-likeness (QED) is 0.896. The van der Waals surface area contributed by atoms with E-state index in [0.717, 1.165) is 16.3 Å². The highest BCUT2D eigenvalue weighted by molar-refractivity contribution is 7.09. The lowest BCUT2D eigenvalue weighted by molar-refractivity contribution is 0.0697. The molecule has 1 atom stereocenters. The Bertz CT molecular complexity index is 612. The van der Waals surface area contributed by atoms with Crippen molar-refractivity contribution in [2.24, 2.45) is 0 Å². The molecule has 0 amide bonds. The van der Waals surface area contributed by atoms with E-state index in [1.54, 1.807) is 29.0 Å². The zero-order valence-corrected chi connectivity index (χ0v) is 12.0. The molecule has 100 valence electrons. The van der Waals surface area contributed by atoms with Gasteiger partial charge in [0.15, 0.2) is 0 Å². The summed E-state index contributed by atoms with van der Waals surface area (Å²) in [4.78, 5) is 16.4. The maximum Gasteiger partial charge on any atom is 0.337 e. The molecule has 4 nitrogen and oxygen atoms in total. The van der Waals surface area contributed by atoms with Crippen LogP contribution >= 0.6 is 22.9 Å². The van der Waals surface area contributed by atoms with Crippen molar-refractivity contribution in [2.45, 2.75) is 19.9 Å². The highest BCUT2D eigenvalue weighted by Crippen LogP contribution is 2.27. The molecule has 0 bridgehead atoms. The lowest BCUT2D eigenvalue weighted by Crippen LogP contribution is -2.07. The molecule has 0 fully saturated rings. The molecular formula is C13H13ClN2O2S. The van der Waals surface area contributed by atoms with E-state index in [9.17, 15) is 4.79 Å². The van der Waals surface area contributed by atoms with Gasteiger partial charge in [-0.3, -0.25) is 0 Å². The topological polar surface area (TPSA) is 62.2 Å². The van der Waals surface area contributed by atoms with Gasteiger partial charge < -0.3 is 10.4 Å². The summed E-state index contributed by atoms with van der Waals surface area (Å²) in [6.45, 7) is 3.96. The maximum atomic E-state index is 11.0. The molecule has 1 aromatic carbocycles. The number of thiazole rings is 1. The van der Waals surface area contributed by atoms with Crippen LogP contribution in [0.1, 0.15) is 33.9 Å². The van der Waals surface area contributed by atoms with Gasteiger partial charge in [0.1, 0.15) is 0 Å². The second-order valence-corrected chi connectivity index (χ2v) is 5.46. The Morgan fingerprint density at radius 2 is 2.26 bits per heavy atom. The van der Waals surface area contributed by atoms with Crippen molar-refractivity contribution in [2.75, 3.05) is 5.32 Å². The Morgan fingerprint density at radius 3 is 2.84 bits per heavy atom. The SMILES string of the molecule is Cc1ncsc1C(C)Nc1ccc(Cl)c(C(=O)O)c1. The summed E-state index contributed by atoms with van der Waals surface area (Å²) in [5.74, 6) is -1.03. The Kier molecular flexibility index (Phi) is 4.07. The van der Waals surface area contributed by atoms with Crippen LogP contribution in [0.15, 0.2) is 23.7 Å². The number of benzene rings is 1. The van der Waals surface area contributed by atoms with Gasteiger partial charge in [-0.1, -0.05) is 11.6 Å². The third-order valence-corrected chi connectivity index (χ3v) is 4.20. The van der Waals surface area contributed by atoms with Crippen LogP contribution in [0.2, 0.25) is 5.02 Å². The first kappa shape index (κ1) is 13.8. The Morgan fingerprint density at radius 1 is 1.53 bits per heavy atom. The van der Waals surface area contributed by atoms with Crippen molar-refractivity contribution in [1.82, 2.24) is 4.98 Å². The average Bonchev–Trinajstić information content (AvgIpc) is 2.77. The van der Waals surface area contributed by atoms with Crippen molar-refractivity contribution >= 4 is 34.6 Å². The number of nitrogens with zero attached hydrogens (tertiary/aromatic N) is 1. The summed E-state index contributed by atoms with van der Waals surface area (Å²) in [5.41, 5.74) is 3.60. The molecule has 6 heteroatoms. The van der Waals surface area contributed by atoms with E-state index >= 15 is 0 Å². The first-order valence-corrected chi connectivity index (χ1v) is 6.94. The lowest BCUT2D eigenvalue weighted by Gasteiger charge is -2.15. The Balaban J connectivity index is 2.22. The molecule has 1 heterocycles. The number of nitrogens with one attached hydrogen (secondary N) is 1. The average molecular weight is 297 g/mol. The number of halogens is 1. The minimum Gasteiger partial charge on any atom is -0.478 e. The van der Waals surface area contributed by atoms with Gasteiger partial charge in [-0.2, -0.15) is 0 Å². The predicted octanol–water partition coefficient (Wildman–Crippen LogP) is 3.98. The van der Waals surface area contributed by atoms with Gasteiger partial charge in [0.2, 0.25) is 0 Å². The van der Waals surface area contributed by atoms with Gasteiger partial charge in [-0.05, 0) is 32.0 Å². The van der Waals surface area contributed by atoms with Crippen LogP contribution in [0.5, 0.6) is 0 Å². The number of carboxylic acids is 1. The third kappa shape index (κ3) is 3.05. The molecule has 0 radical (unpaired) electrons. The maximum absolute atomic E-state index is 11.0. The summed E-state index contributed by atoms with van der Waals surface area (Å²) in [5, 5.41) is 12.5. The minimum atomic E-state index is -1.03. The monoisotopic (exact) mass is 296 g/mol. The second-order valence-electron chi connectivity index (χ2n) is 4.17. The number of rotatable bonds is 4. The zero-order chi connectivity index (χ0) is 14.0. The summed E-state index contributed by atoms with van der Waals surface area (Å²) < 4.78 is 0. The molecule has 0 saturated heterocycles. The van der Waals surface area contributed by atoms with Crippen LogP contribution in [0.3, 0.4) is 0 Å². The number of aryl methyl sites for hydroxylation is 1. The summed E-state index contributed by atoms with van der Waals surface area (Å²) in [6.07, 6.45) is 0. The summed E-state index contributed by atoms with van der Waals surface area (Å²) in [6, 6.07) is 4.95. The summed E-state index contributed by atoms with van der Waals surface area (Å²) >= 11 is 7.41. The molecular weight excluding hydrogens is 284 g/mol. The Hall–Kier alpha value is -1.59. The molecule has 2 aromatic rings. The number of anilines is 1. The third-order valence-electron chi connectivity index (χ3n) is 2.76. The number of aromatic carboxylic acids is 1. The van der Waals surface area contributed by atoms with Crippen molar-refractivity contribution in [3.05, 3.63) is 44.9 Å². The first-order chi connectivity index (χ1) is 8.99. The van der Waals surface area contributed by atoms with Gasteiger partial charge in [0, 0.05) is 10.6 Å². The largest absolute Gasteiger partial charge is 0.478 e. The van der Waals surface area contributed by atoms with E-state index in [4.69, 9.17) is 16.7 Å². The van der Waals surface area contributed by atoms with E-state index in [0.29, 0.717) is 0 Å². The molecule has 2 N–H and O–H groups in total. The summed E-state index contributed by atoms with van der Waals surface area (Å²) in [7, 11) is 0. The van der Waals surface area contributed by atoms with Crippen LogP contribution in [0.25, 0.3) is 0 Å². The van der Waals surface area contributed by atoms with E-state index in [2.05, 4.69) is 10.3 Å². The fourth-order valence-corrected chi connectivity index (χ4v) is 2.83. The van der Waals surface area contributed by atoms with Crippen LogP contribution in [0, 0.1) is 6.92 Å². The van der Waals surface area contributed by atoms with Gasteiger partial charge in [0.25, 0.3) is 0 Å². The molecule has 0 saturated carbocycles. The molecule has 19 heavy (non-hydrogen) atoms. The van der Waals surface area contributed by atoms with Gasteiger partial charge in [-0.15, -0.1) is 11.3 Å². The van der Waals surface area contributed by atoms with Gasteiger partial charge in [-0.25, -0.2) is 9.78 Å². The van der Waals surface area contributed by atoms with E-state index < -0.39 is 5.97 Å². The second kappa shape index (κ2) is 5.59. The van der Waals surface area contributed by atoms with Crippen molar-refractivity contribution < 1.29 is 9.90 Å². The van der Waals surface area contributed by atoms with Crippen molar-refractivity contribution in [3.63, 3.8) is 0 Å². The number of carbonyl (C=O) groups is 1. The highest BCUT2D eigenvalue weighted by atomic mass is 35.5. The molecule has 2 rings (SSSR count). The number of aromatic nitrogens is 1. The predicted molar refractivity (Wildman–Crippen MR) is 77.3 cm³/mol. The van der Waals surface area contributed by atoms with Crippen LogP contribution in [-0.2, 0) is 0 Å². The first-order valence-electron chi connectivity index (χ1n) is 5.68. The van der Waals surface area contributed by atoms with Crippen LogP contribution < -0.4 is 5.32 Å². The Labute approximate surface area is 120 Å². The van der Waals surface area contributed by atoms with Crippen LogP contribution in [-0.4, -0.2) is 16.1 Å². The fourth-order valence-electron chi connectivity index (χ4n) is 1.82. The lowest BCUT2D eigenvalue weighted by atomic mass is 10.1. The minimum absolute atomic E-state index is 0.0651. The highest BCUT2D eigenvalue weighted by Gasteiger charge is 2.13. The molecule has 0 spiro atoms. The molecule has 0 aliphatic carbocycles. The molecule has 0 aliphatic rings. The van der Waals surface area contributed by atoms with Gasteiger partial charge >= 0.3 is 5.97 Å². The standard InChI is InChI=1S/C13H13ClN2O2S/c1-7-12(19-6-15-7)8(2)16-9-3-4-11(14)10(5-9)13(17)18/h3-6,8,16H,1-2H3,(H,17,18). The zero-order valence-electron chi connectivity index (χ0n) is 10.5. The normalized spacial score (nSPS) is 12.2. The number of hydrogen-bond acceptors (Lipinski definition) is 4. The van der Waals surface area contributed by atoms with E-state index in [1.807, 2.05) is 13.8 Å². The fraction of sp³-hybridized carbons (Fsp3) is 0.231. The van der Waals surface area contributed by atoms with Crippen molar-refractivity contribution in [1.29, 1.82) is 0 Å². The van der Waals surface area contributed by atoms with Crippen molar-refractivity contribution in [3.8, 4) is 0 Å². The van der Waals surface area contributed by atoms with E-state index in [1.165, 1.54) is 6.07 Å². The molecule has 1 aromatic heterocycles. The number of hydrogen-bond donors (Lipinski definition) is 2. The molecule has 0 aliphatic heterocycles. The van der Waals surface area contributed by atoms with E-state index in [-0.39, 0.29) is 16.6 Å². The smallest absolute Gasteiger partial charge is 0.337 e. The number of carboxylic acid groups (broad SMARTS) is 1.